The zero-order chi connectivity index (χ0) is 9.41. The third-order valence-corrected chi connectivity index (χ3v) is 2.23. The van der Waals surface area contributed by atoms with E-state index in [2.05, 4.69) is 0 Å². The minimum Gasteiger partial charge on any atom is -0.316 e. The number of hydrogen-bond acceptors (Lipinski definition) is 2. The van der Waals surface area contributed by atoms with E-state index in [9.17, 15) is 13.2 Å². The maximum Gasteiger partial charge on any atom is 0.394 e. The van der Waals surface area contributed by atoms with Crippen molar-refractivity contribution in [2.24, 2.45) is 11.1 Å². The molecule has 1 saturated carbocycles. The highest BCUT2D eigenvalue weighted by Crippen LogP contribution is 2.60. The smallest absolute Gasteiger partial charge is 0.316 e. The van der Waals surface area contributed by atoms with Crippen LogP contribution in [-0.4, -0.2) is 12.2 Å². The first-order valence-electron chi connectivity index (χ1n) is 3.63. The van der Waals surface area contributed by atoms with Crippen LogP contribution in [0, 0.1) is 16.7 Å². The van der Waals surface area contributed by atoms with Crippen LogP contribution in [0.5, 0.6) is 0 Å². The fourth-order valence-electron chi connectivity index (χ4n) is 1.22. The van der Waals surface area contributed by atoms with Gasteiger partial charge in [-0.2, -0.15) is 18.4 Å². The number of nitrogens with two attached hydrogens (primary N) is 1. The summed E-state index contributed by atoms with van der Waals surface area (Å²) in [6.45, 7) is 0. The van der Waals surface area contributed by atoms with Crippen LogP contribution in [0.4, 0.5) is 13.2 Å². The van der Waals surface area contributed by atoms with Gasteiger partial charge in [0, 0.05) is 0 Å². The summed E-state index contributed by atoms with van der Waals surface area (Å²) in [4.78, 5) is 0. The first-order valence-corrected chi connectivity index (χ1v) is 3.63. The van der Waals surface area contributed by atoms with Crippen molar-refractivity contribution in [3.8, 4) is 6.07 Å². The lowest BCUT2D eigenvalue weighted by Crippen LogP contribution is -2.32. The highest BCUT2D eigenvalue weighted by Gasteiger charge is 2.63. The van der Waals surface area contributed by atoms with Crippen LogP contribution in [0.1, 0.15) is 19.3 Å². The Morgan fingerprint density at radius 3 is 2.25 bits per heavy atom. The Hall–Kier alpha value is -0.760. The molecule has 0 saturated heterocycles. The molecule has 2 nitrogen and oxygen atoms in total. The molecule has 1 aliphatic carbocycles. The number of nitriles is 1. The molecule has 0 aromatic heterocycles. The molecule has 0 amide bonds. The van der Waals surface area contributed by atoms with Crippen LogP contribution in [0.3, 0.4) is 0 Å². The van der Waals surface area contributed by atoms with Crippen molar-refractivity contribution >= 4 is 0 Å². The number of rotatable bonds is 2. The summed E-state index contributed by atoms with van der Waals surface area (Å²) in [5.74, 6) is 0. The van der Waals surface area contributed by atoms with Crippen molar-refractivity contribution in [1.82, 2.24) is 0 Å². The number of hydrogen-bond donors (Lipinski definition) is 1. The summed E-state index contributed by atoms with van der Waals surface area (Å²) in [6.07, 6.45) is -4.22. The summed E-state index contributed by atoms with van der Waals surface area (Å²) < 4.78 is 36.7. The molecule has 5 heteroatoms. The van der Waals surface area contributed by atoms with Gasteiger partial charge in [-0.05, 0) is 19.3 Å². The minimum atomic E-state index is -4.19. The Labute approximate surface area is 68.2 Å². The monoisotopic (exact) mass is 178 g/mol. The molecule has 0 aliphatic heterocycles. The molecule has 0 aromatic rings. The number of alkyl halides is 3. The van der Waals surface area contributed by atoms with Gasteiger partial charge in [0.05, 0.1) is 17.5 Å². The molecule has 0 radical (unpaired) electrons. The van der Waals surface area contributed by atoms with Crippen molar-refractivity contribution in [3.63, 3.8) is 0 Å². The van der Waals surface area contributed by atoms with Gasteiger partial charge in [-0.15, -0.1) is 0 Å². The van der Waals surface area contributed by atoms with Crippen molar-refractivity contribution < 1.29 is 13.2 Å². The lowest BCUT2D eigenvalue weighted by molar-refractivity contribution is -0.189. The van der Waals surface area contributed by atoms with Crippen molar-refractivity contribution in [2.45, 2.75) is 31.5 Å². The summed E-state index contributed by atoms with van der Waals surface area (Å²) in [5.41, 5.74) is 3.50. The van der Waals surface area contributed by atoms with Gasteiger partial charge in [-0.25, -0.2) is 0 Å². The predicted molar refractivity (Wildman–Crippen MR) is 35.9 cm³/mol. The summed E-state index contributed by atoms with van der Waals surface area (Å²) in [6, 6.07) is 0.619. The second-order valence-corrected chi connectivity index (χ2v) is 3.22. The van der Waals surface area contributed by atoms with E-state index in [0.717, 1.165) is 0 Å². The van der Waals surface area contributed by atoms with Crippen molar-refractivity contribution in [3.05, 3.63) is 0 Å². The van der Waals surface area contributed by atoms with E-state index in [-0.39, 0.29) is 19.3 Å². The van der Waals surface area contributed by atoms with E-state index in [0.29, 0.717) is 0 Å². The Morgan fingerprint density at radius 1 is 1.50 bits per heavy atom. The average Bonchev–Trinajstić information content (AvgIpc) is 2.67. The molecule has 0 bridgehead atoms. The molecule has 0 aromatic carbocycles. The molecular formula is C7H9F3N2. The van der Waals surface area contributed by atoms with Crippen molar-refractivity contribution in [2.75, 3.05) is 0 Å². The van der Waals surface area contributed by atoms with Gasteiger partial charge in [-0.3, -0.25) is 0 Å². The Morgan fingerprint density at radius 2 is 2.00 bits per heavy atom. The first-order chi connectivity index (χ1) is 5.41. The Bertz CT molecular complexity index is 212. The van der Waals surface area contributed by atoms with Crippen molar-refractivity contribution in [1.29, 1.82) is 5.26 Å². The summed E-state index contributed by atoms with van der Waals surface area (Å²) in [7, 11) is 0. The SMILES string of the molecule is N#CC(N)CC1(C(F)(F)F)CC1. The van der Waals surface area contributed by atoms with Crippen LogP contribution in [0.15, 0.2) is 0 Å². The number of halogens is 3. The van der Waals surface area contributed by atoms with E-state index < -0.39 is 17.6 Å². The van der Waals surface area contributed by atoms with Crippen LogP contribution in [0.2, 0.25) is 0 Å². The Balaban J connectivity index is 2.58. The van der Waals surface area contributed by atoms with Gasteiger partial charge in [0.2, 0.25) is 0 Å². The highest BCUT2D eigenvalue weighted by atomic mass is 19.4. The standard InChI is InChI=1S/C7H9F3N2/c8-7(9,10)6(1-2-6)3-5(12)4-11/h5H,1-3,12H2. The molecule has 1 unspecified atom stereocenters. The maximum atomic E-state index is 12.2. The second kappa shape index (κ2) is 2.63. The normalized spacial score (nSPS) is 22.9. The van der Waals surface area contributed by atoms with Crippen LogP contribution >= 0.6 is 0 Å². The minimum absolute atomic E-state index is 0.117. The van der Waals surface area contributed by atoms with Gasteiger partial charge in [0.25, 0.3) is 0 Å². The number of nitrogens with zero attached hydrogens (tertiary/aromatic N) is 1. The molecule has 1 fully saturated rings. The molecule has 0 spiro atoms. The van der Waals surface area contributed by atoms with Gasteiger partial charge in [-0.1, -0.05) is 0 Å². The fourth-order valence-corrected chi connectivity index (χ4v) is 1.22. The van der Waals surface area contributed by atoms with Gasteiger partial charge >= 0.3 is 6.18 Å². The predicted octanol–water partition coefficient (Wildman–Crippen LogP) is 1.57. The molecule has 1 atom stereocenters. The topological polar surface area (TPSA) is 49.8 Å². The third kappa shape index (κ3) is 1.53. The van der Waals surface area contributed by atoms with E-state index in [1.165, 1.54) is 0 Å². The lowest BCUT2D eigenvalue weighted by Gasteiger charge is -2.19. The molecule has 68 valence electrons. The first kappa shape index (κ1) is 9.33. The quantitative estimate of drug-likeness (QED) is 0.697. The molecule has 12 heavy (non-hydrogen) atoms. The molecule has 0 heterocycles. The molecule has 1 rings (SSSR count). The highest BCUT2D eigenvalue weighted by molar-refractivity contribution is 5.04. The summed E-state index contributed by atoms with van der Waals surface area (Å²) in [5, 5.41) is 8.25. The fraction of sp³-hybridized carbons (Fsp3) is 0.857. The van der Waals surface area contributed by atoms with Gasteiger partial charge in [0.15, 0.2) is 0 Å². The second-order valence-electron chi connectivity index (χ2n) is 3.22. The van der Waals surface area contributed by atoms with Crippen LogP contribution < -0.4 is 5.73 Å². The van der Waals surface area contributed by atoms with E-state index >= 15 is 0 Å². The zero-order valence-electron chi connectivity index (χ0n) is 6.36. The summed E-state index contributed by atoms with van der Waals surface area (Å²) >= 11 is 0. The molecule has 2 N–H and O–H groups in total. The lowest BCUT2D eigenvalue weighted by atomic mass is 9.97. The zero-order valence-corrected chi connectivity index (χ0v) is 6.36. The Kier molecular flexibility index (Phi) is 2.04. The van der Waals surface area contributed by atoms with E-state index in [1.807, 2.05) is 0 Å². The maximum absolute atomic E-state index is 12.2. The largest absolute Gasteiger partial charge is 0.394 e. The average molecular weight is 178 g/mol. The van der Waals surface area contributed by atoms with Gasteiger partial charge in [0.1, 0.15) is 0 Å². The van der Waals surface area contributed by atoms with E-state index in [4.69, 9.17) is 11.0 Å². The van der Waals surface area contributed by atoms with Gasteiger partial charge < -0.3 is 5.73 Å². The molecule has 1 aliphatic rings. The molecular weight excluding hydrogens is 169 g/mol. The van der Waals surface area contributed by atoms with Crippen LogP contribution in [0.25, 0.3) is 0 Å². The van der Waals surface area contributed by atoms with Crippen LogP contribution in [-0.2, 0) is 0 Å². The third-order valence-electron chi connectivity index (χ3n) is 2.23. The van der Waals surface area contributed by atoms with E-state index in [1.54, 1.807) is 6.07 Å².